The number of benzene rings is 2. The van der Waals surface area contributed by atoms with Gasteiger partial charge in [-0.2, -0.15) is 14.6 Å². The molecule has 2 atom stereocenters. The molecule has 0 radical (unpaired) electrons. The summed E-state index contributed by atoms with van der Waals surface area (Å²) in [5, 5.41) is 25.8. The Bertz CT molecular complexity index is 1540. The molecule has 0 saturated heterocycles. The molecule has 0 spiro atoms. The van der Waals surface area contributed by atoms with Crippen molar-refractivity contribution in [1.82, 2.24) is 29.8 Å². The molecule has 0 bridgehead atoms. The number of nitrogens with one attached hydrogen (secondary N) is 1. The lowest BCUT2D eigenvalue weighted by molar-refractivity contribution is -0.139. The van der Waals surface area contributed by atoms with Crippen molar-refractivity contribution in [2.75, 3.05) is 6.54 Å². The van der Waals surface area contributed by atoms with Gasteiger partial charge in [-0.25, -0.2) is 14.2 Å². The molecule has 3 N–H and O–H groups in total. The Balaban J connectivity index is 1.64. The van der Waals surface area contributed by atoms with Gasteiger partial charge in [0.25, 0.3) is 11.7 Å². The average molecular weight is 535 g/mol. The van der Waals surface area contributed by atoms with Crippen molar-refractivity contribution in [1.29, 1.82) is 0 Å². The normalized spacial score (nSPS) is 12.8. The molecule has 12 heteroatoms. The highest BCUT2D eigenvalue weighted by atomic mass is 19.1. The van der Waals surface area contributed by atoms with E-state index in [1.54, 1.807) is 43.0 Å². The molecule has 0 aliphatic heterocycles. The lowest BCUT2D eigenvalue weighted by Gasteiger charge is -2.33. The number of aromatic carboxylic acids is 1. The number of fused-ring (bicyclic) bond motifs is 1. The van der Waals surface area contributed by atoms with Crippen molar-refractivity contribution in [2.24, 2.45) is 0 Å². The highest BCUT2D eigenvalue weighted by molar-refractivity contribution is 5.92. The van der Waals surface area contributed by atoms with Gasteiger partial charge < -0.3 is 15.5 Å². The molecule has 1 unspecified atom stereocenters. The molecule has 1 amide bonds. The van der Waals surface area contributed by atoms with Crippen LogP contribution in [0.25, 0.3) is 5.78 Å². The Kier molecular flexibility index (Phi) is 7.96. The molecule has 0 aliphatic rings. The Morgan fingerprint density at radius 1 is 1.05 bits per heavy atom. The van der Waals surface area contributed by atoms with Crippen LogP contribution in [0.4, 0.5) is 4.39 Å². The number of hydrogen-bond acceptors (Lipinski definition) is 7. The average Bonchev–Trinajstić information content (AvgIpc) is 3.39. The fourth-order valence-electron chi connectivity index (χ4n) is 4.30. The van der Waals surface area contributed by atoms with Crippen LogP contribution >= 0.6 is 0 Å². The summed E-state index contributed by atoms with van der Waals surface area (Å²) in [7, 11) is 0. The van der Waals surface area contributed by atoms with Gasteiger partial charge in [0.05, 0.1) is 23.8 Å². The second-order valence-corrected chi connectivity index (χ2v) is 9.15. The highest BCUT2D eigenvalue weighted by Gasteiger charge is 2.28. The van der Waals surface area contributed by atoms with E-state index in [1.807, 2.05) is 6.92 Å². The number of carboxylic acid groups (broad SMARTS) is 2. The Morgan fingerprint density at radius 3 is 2.41 bits per heavy atom. The number of carboxylic acids is 2. The van der Waals surface area contributed by atoms with E-state index in [0.717, 1.165) is 0 Å². The molecule has 0 saturated carbocycles. The number of halogens is 1. The zero-order valence-electron chi connectivity index (χ0n) is 21.5. The molecule has 4 aromatic rings. The van der Waals surface area contributed by atoms with Crippen LogP contribution in [0, 0.1) is 12.7 Å². The van der Waals surface area contributed by atoms with Crippen LogP contribution in [0.1, 0.15) is 69.2 Å². The third-order valence-corrected chi connectivity index (χ3v) is 6.58. The highest BCUT2D eigenvalue weighted by Crippen LogP contribution is 2.30. The first-order valence-electron chi connectivity index (χ1n) is 12.1. The topological polar surface area (TPSA) is 150 Å². The van der Waals surface area contributed by atoms with Crippen LogP contribution in [0.15, 0.2) is 54.9 Å². The second-order valence-electron chi connectivity index (χ2n) is 9.15. The van der Waals surface area contributed by atoms with Gasteiger partial charge >= 0.3 is 11.9 Å². The molecular weight excluding hydrogens is 507 g/mol. The van der Waals surface area contributed by atoms with Crippen molar-refractivity contribution in [3.05, 3.63) is 94.3 Å². The van der Waals surface area contributed by atoms with Crippen LogP contribution in [0.2, 0.25) is 0 Å². The number of aliphatic carboxylic acids is 1. The van der Waals surface area contributed by atoms with Gasteiger partial charge in [0, 0.05) is 12.6 Å². The van der Waals surface area contributed by atoms with E-state index in [2.05, 4.69) is 20.4 Å². The smallest absolute Gasteiger partial charge is 0.335 e. The first kappa shape index (κ1) is 27.3. The van der Waals surface area contributed by atoms with E-state index < -0.39 is 29.9 Å². The maximum absolute atomic E-state index is 13.9. The molecule has 0 aliphatic carbocycles. The zero-order chi connectivity index (χ0) is 28.3. The number of carbonyl (C=O) groups excluding carboxylic acids is 1. The maximum Gasteiger partial charge on any atom is 0.335 e. The quantitative estimate of drug-likeness (QED) is 0.278. The van der Waals surface area contributed by atoms with E-state index >= 15 is 0 Å². The summed E-state index contributed by atoms with van der Waals surface area (Å²) in [6, 6.07) is 11.4. The summed E-state index contributed by atoms with van der Waals surface area (Å²) in [4.78, 5) is 46.2. The molecular formula is C27H27FN6O5. The van der Waals surface area contributed by atoms with E-state index in [-0.39, 0.29) is 35.9 Å². The van der Waals surface area contributed by atoms with Crippen LogP contribution < -0.4 is 5.32 Å². The van der Waals surface area contributed by atoms with E-state index in [0.29, 0.717) is 22.4 Å². The van der Waals surface area contributed by atoms with Gasteiger partial charge in [-0.05, 0) is 61.7 Å². The second kappa shape index (κ2) is 11.4. The molecule has 202 valence electrons. The van der Waals surface area contributed by atoms with E-state index in [9.17, 15) is 29.0 Å². The van der Waals surface area contributed by atoms with Gasteiger partial charge in [-0.1, -0.05) is 24.3 Å². The van der Waals surface area contributed by atoms with Crippen molar-refractivity contribution in [2.45, 2.75) is 39.4 Å². The number of nitrogens with zero attached hydrogens (tertiary/aromatic N) is 5. The minimum absolute atomic E-state index is 0.0404. The third-order valence-electron chi connectivity index (χ3n) is 6.58. The molecule has 11 nitrogen and oxygen atoms in total. The lowest BCUT2D eigenvalue weighted by atomic mass is 10.0. The molecule has 0 fully saturated rings. The van der Waals surface area contributed by atoms with Crippen LogP contribution in [-0.2, 0) is 11.3 Å². The monoisotopic (exact) mass is 534 g/mol. The first-order valence-corrected chi connectivity index (χ1v) is 12.1. The largest absolute Gasteiger partial charge is 0.480 e. The minimum atomic E-state index is -1.07. The lowest BCUT2D eigenvalue weighted by Crippen LogP contribution is -2.36. The number of amides is 1. The van der Waals surface area contributed by atoms with Crippen molar-refractivity contribution in [3.63, 3.8) is 0 Å². The zero-order valence-corrected chi connectivity index (χ0v) is 21.5. The first-order chi connectivity index (χ1) is 18.5. The van der Waals surface area contributed by atoms with E-state index in [1.165, 1.54) is 35.1 Å². The van der Waals surface area contributed by atoms with Crippen LogP contribution in [0.3, 0.4) is 0 Å². The standard InChI is InChI=1S/C27H27FN6O5/c1-15-4-5-18(10-21(15)28)12-29-25(37)22-11-23(34-27(32-22)30-14-31-34)17(3)33(13-24(35)36)16(2)19-6-8-20(9-7-19)26(38)39/h4-11,14,16-17H,12-13H2,1-3H3,(H,29,37)(H,35,36)(H,38,39)/t16-,17?/m1/s1. The van der Waals surface area contributed by atoms with Gasteiger partial charge in [-0.15, -0.1) is 0 Å². The van der Waals surface area contributed by atoms with Crippen molar-refractivity contribution < 1.29 is 29.0 Å². The molecule has 2 aromatic carbocycles. The molecule has 2 aromatic heterocycles. The SMILES string of the molecule is Cc1ccc(CNC(=O)c2cc(C(C)N(CC(=O)O)[C@H](C)c3ccc(C(=O)O)cc3)n3ncnc3n2)cc1F. The van der Waals surface area contributed by atoms with Crippen molar-refractivity contribution >= 4 is 23.6 Å². The number of aryl methyl sites for hydroxylation is 1. The molecule has 4 rings (SSSR count). The van der Waals surface area contributed by atoms with Crippen LogP contribution in [-0.4, -0.2) is 59.1 Å². The fraction of sp³-hybridized carbons (Fsp3) is 0.259. The molecule has 39 heavy (non-hydrogen) atoms. The fourth-order valence-corrected chi connectivity index (χ4v) is 4.30. The summed E-state index contributed by atoms with van der Waals surface area (Å²) in [5.41, 5.74) is 2.42. The predicted octanol–water partition coefficient (Wildman–Crippen LogP) is 3.41. The van der Waals surface area contributed by atoms with Gasteiger partial charge in [0.15, 0.2) is 0 Å². The summed E-state index contributed by atoms with van der Waals surface area (Å²) >= 11 is 0. The summed E-state index contributed by atoms with van der Waals surface area (Å²) < 4.78 is 15.3. The predicted molar refractivity (Wildman–Crippen MR) is 138 cm³/mol. The maximum atomic E-state index is 13.9. The Hall–Kier alpha value is -4.71. The summed E-state index contributed by atoms with van der Waals surface area (Å²) in [6.07, 6.45) is 1.28. The number of hydrogen-bond donors (Lipinski definition) is 3. The number of rotatable bonds is 10. The Morgan fingerprint density at radius 2 is 1.77 bits per heavy atom. The van der Waals surface area contributed by atoms with Crippen LogP contribution in [0.5, 0.6) is 0 Å². The Labute approximate surface area is 222 Å². The minimum Gasteiger partial charge on any atom is -0.480 e. The van der Waals surface area contributed by atoms with Crippen molar-refractivity contribution in [3.8, 4) is 0 Å². The number of carbonyl (C=O) groups is 3. The van der Waals surface area contributed by atoms with Gasteiger partial charge in [-0.3, -0.25) is 14.5 Å². The van der Waals surface area contributed by atoms with E-state index in [4.69, 9.17) is 0 Å². The number of aromatic nitrogens is 4. The summed E-state index contributed by atoms with van der Waals surface area (Å²) in [5.74, 6) is -2.86. The third kappa shape index (κ3) is 6.07. The van der Waals surface area contributed by atoms with Gasteiger partial charge in [0.1, 0.15) is 17.8 Å². The summed E-state index contributed by atoms with van der Waals surface area (Å²) in [6.45, 7) is 4.97. The van der Waals surface area contributed by atoms with Gasteiger partial charge in [0.2, 0.25) is 0 Å². The molecule has 2 heterocycles.